The molecule has 0 amide bonds. The average Bonchev–Trinajstić information content (AvgIpc) is 3.07. The van der Waals surface area contributed by atoms with Gasteiger partial charge in [0.1, 0.15) is 43.5 Å². The van der Waals surface area contributed by atoms with Gasteiger partial charge in [0.15, 0.2) is 0 Å². The minimum atomic E-state index is -1.49. The van der Waals surface area contributed by atoms with Gasteiger partial charge in [-0.2, -0.15) is 0 Å². The van der Waals surface area contributed by atoms with Gasteiger partial charge in [0, 0.05) is 0 Å². The molecule has 0 saturated carbocycles. The van der Waals surface area contributed by atoms with Crippen molar-refractivity contribution in [1.82, 2.24) is 24.5 Å². The van der Waals surface area contributed by atoms with E-state index in [1.165, 1.54) is 27.8 Å². The van der Waals surface area contributed by atoms with E-state index < -0.39 is 23.8 Å². The maximum absolute atomic E-state index is 12.2. The second-order valence-electron chi connectivity index (χ2n) is 4.33. The predicted octanol–water partition coefficient (Wildman–Crippen LogP) is -0.878. The first-order valence-electron chi connectivity index (χ1n) is 5.98. The summed E-state index contributed by atoms with van der Waals surface area (Å²) in [4.78, 5) is 13.7. The van der Waals surface area contributed by atoms with Gasteiger partial charge in [0.25, 0.3) is 0 Å². The van der Waals surface area contributed by atoms with Crippen molar-refractivity contribution in [2.24, 2.45) is 0 Å². The van der Waals surface area contributed by atoms with Crippen LogP contribution in [-0.4, -0.2) is 58.6 Å². The highest BCUT2D eigenvalue weighted by Gasteiger charge is 2.19. The molecule has 114 valence electrons. The van der Waals surface area contributed by atoms with Gasteiger partial charge in [-0.25, -0.2) is 13.6 Å². The summed E-state index contributed by atoms with van der Waals surface area (Å²) >= 11 is 0. The van der Waals surface area contributed by atoms with E-state index in [0.717, 1.165) is 0 Å². The number of nitro groups is 1. The van der Waals surface area contributed by atoms with Crippen molar-refractivity contribution in [2.75, 3.05) is 6.67 Å². The van der Waals surface area contributed by atoms with Crippen molar-refractivity contribution in [1.29, 1.82) is 0 Å². The number of aliphatic hydroxyl groups is 2. The highest BCUT2D eigenvalue weighted by atomic mass is 18.2. The number of nitrogens with zero attached hydrogens (tertiary/aromatic N) is 6. The van der Waals surface area contributed by atoms with E-state index in [4.69, 9.17) is 5.11 Å². The van der Waals surface area contributed by atoms with Crippen molar-refractivity contribution in [2.45, 2.75) is 25.3 Å². The lowest BCUT2D eigenvalue weighted by Crippen LogP contribution is -2.32. The van der Waals surface area contributed by atoms with Crippen molar-refractivity contribution in [3.05, 3.63) is 34.4 Å². The Labute approximate surface area is 117 Å². The number of imidazole rings is 1. The molecule has 2 atom stereocenters. The van der Waals surface area contributed by atoms with Crippen LogP contribution in [0.2, 0.25) is 0 Å². The molecule has 0 saturated heterocycles. The van der Waals surface area contributed by atoms with E-state index in [0.29, 0.717) is 5.69 Å². The van der Waals surface area contributed by atoms with E-state index in [9.17, 15) is 19.6 Å². The average molecular weight is 299 g/mol. The van der Waals surface area contributed by atoms with Crippen molar-refractivity contribution >= 4 is 5.95 Å². The highest BCUT2D eigenvalue weighted by molar-refractivity contribution is 5.09. The molecule has 0 radical (unpaired) electrons. The van der Waals surface area contributed by atoms with Crippen LogP contribution in [0.3, 0.4) is 0 Å². The summed E-state index contributed by atoms with van der Waals surface area (Å²) in [5, 5.41) is 36.8. The van der Waals surface area contributed by atoms with Crippen LogP contribution >= 0.6 is 0 Å². The number of aliphatic hydroxyl groups excluding tert-OH is 2. The first-order chi connectivity index (χ1) is 10.0. The number of halogens is 1. The molecule has 2 aromatic heterocycles. The van der Waals surface area contributed by atoms with E-state index in [1.54, 1.807) is 0 Å². The molecule has 0 spiro atoms. The Morgan fingerprint density at radius 1 is 1.43 bits per heavy atom. The Bertz CT molecular complexity index is 614. The van der Waals surface area contributed by atoms with Crippen LogP contribution in [0.5, 0.6) is 0 Å². The SMILES string of the molecule is O=[N+]([O-])c1nccn1Cc1cn(CC(O)C(O)C[18F])nn1. The zero-order valence-electron chi connectivity index (χ0n) is 10.8. The summed E-state index contributed by atoms with van der Waals surface area (Å²) in [6, 6.07) is 0. The van der Waals surface area contributed by atoms with Crippen molar-refractivity contribution in [3.63, 3.8) is 0 Å². The summed E-state index contributed by atoms with van der Waals surface area (Å²) in [5.74, 6) is -0.322. The van der Waals surface area contributed by atoms with Gasteiger partial charge in [-0.3, -0.25) is 0 Å². The summed E-state index contributed by atoms with van der Waals surface area (Å²) in [6.45, 7) is -1.12. The van der Waals surface area contributed by atoms with Gasteiger partial charge in [0.05, 0.1) is 12.7 Å². The molecular formula is C10H13FN6O4. The first-order valence-corrected chi connectivity index (χ1v) is 5.98. The van der Waals surface area contributed by atoms with E-state index in [2.05, 4.69) is 15.3 Å². The summed E-state index contributed by atoms with van der Waals surface area (Å²) in [7, 11) is 0. The summed E-state index contributed by atoms with van der Waals surface area (Å²) in [6.07, 6.45) is 1.36. The maximum atomic E-state index is 12.2. The molecule has 10 nitrogen and oxygen atoms in total. The molecule has 0 aromatic carbocycles. The quantitative estimate of drug-likeness (QED) is 0.501. The molecule has 0 aliphatic heterocycles. The van der Waals surface area contributed by atoms with Gasteiger partial charge in [-0.05, 0) is 4.92 Å². The normalized spacial score (nSPS) is 14.0. The molecule has 0 fully saturated rings. The first kappa shape index (κ1) is 15.0. The van der Waals surface area contributed by atoms with Crippen LogP contribution in [0, 0.1) is 10.1 Å². The zero-order valence-corrected chi connectivity index (χ0v) is 10.8. The molecule has 21 heavy (non-hydrogen) atoms. The topological polar surface area (TPSA) is 132 Å². The predicted molar refractivity (Wildman–Crippen MR) is 66.0 cm³/mol. The molecule has 0 aliphatic carbocycles. The second-order valence-corrected chi connectivity index (χ2v) is 4.33. The summed E-state index contributed by atoms with van der Waals surface area (Å²) in [5.41, 5.74) is 0.401. The van der Waals surface area contributed by atoms with Crippen molar-refractivity contribution in [3.8, 4) is 0 Å². The largest absolute Gasteiger partial charge is 0.434 e. The lowest BCUT2D eigenvalue weighted by atomic mass is 10.2. The van der Waals surface area contributed by atoms with Crippen LogP contribution in [0.4, 0.5) is 10.3 Å². The molecule has 0 aliphatic rings. The van der Waals surface area contributed by atoms with Gasteiger partial charge >= 0.3 is 5.95 Å². The third-order valence-electron chi connectivity index (χ3n) is 2.75. The van der Waals surface area contributed by atoms with Crippen LogP contribution in [0.25, 0.3) is 0 Å². The standard InChI is InChI=1S/C10H13FN6O4/c11-3-8(18)9(19)6-16-5-7(13-14-16)4-15-2-1-12-10(15)17(20)21/h1-2,5,8-9,18-19H,3-4,6H2/i11-1. The molecule has 2 aromatic rings. The Kier molecular flexibility index (Phi) is 4.55. The van der Waals surface area contributed by atoms with Crippen LogP contribution in [-0.2, 0) is 13.1 Å². The molecule has 11 heteroatoms. The summed E-state index contributed by atoms with van der Waals surface area (Å²) < 4.78 is 14.7. The molecule has 2 unspecified atom stereocenters. The monoisotopic (exact) mass is 299 g/mol. The van der Waals surface area contributed by atoms with Crippen molar-refractivity contribution < 1.29 is 19.5 Å². The number of rotatable bonds is 7. The molecule has 2 heterocycles. The Morgan fingerprint density at radius 3 is 2.86 bits per heavy atom. The fraction of sp³-hybridized carbons (Fsp3) is 0.500. The number of aromatic nitrogens is 5. The smallest absolute Gasteiger partial charge is 0.390 e. The number of hydrogen-bond donors (Lipinski definition) is 2. The van der Waals surface area contributed by atoms with E-state index in [1.807, 2.05) is 0 Å². The van der Waals surface area contributed by atoms with Crippen LogP contribution in [0.15, 0.2) is 18.6 Å². The molecule has 2 rings (SSSR count). The van der Waals surface area contributed by atoms with Crippen LogP contribution < -0.4 is 0 Å². The fourth-order valence-corrected chi connectivity index (χ4v) is 1.69. The van der Waals surface area contributed by atoms with Gasteiger partial charge < -0.3 is 20.3 Å². The lowest BCUT2D eigenvalue weighted by molar-refractivity contribution is -0.396. The zero-order chi connectivity index (χ0) is 15.4. The van der Waals surface area contributed by atoms with Gasteiger partial charge in [0.2, 0.25) is 0 Å². The van der Waals surface area contributed by atoms with Gasteiger partial charge in [-0.15, -0.1) is 5.10 Å². The third kappa shape index (κ3) is 3.58. The third-order valence-corrected chi connectivity index (χ3v) is 2.75. The maximum Gasteiger partial charge on any atom is 0.434 e. The van der Waals surface area contributed by atoms with Crippen LogP contribution in [0.1, 0.15) is 5.69 Å². The number of alkyl halides is 1. The second kappa shape index (κ2) is 6.37. The Hall–Kier alpha value is -2.40. The Morgan fingerprint density at radius 2 is 2.19 bits per heavy atom. The fourth-order valence-electron chi connectivity index (χ4n) is 1.69. The Balaban J connectivity index is 2.03. The van der Waals surface area contributed by atoms with E-state index >= 15 is 0 Å². The van der Waals surface area contributed by atoms with E-state index in [-0.39, 0.29) is 19.0 Å². The minimum Gasteiger partial charge on any atom is -0.390 e. The lowest BCUT2D eigenvalue weighted by Gasteiger charge is -2.13. The van der Waals surface area contributed by atoms with Gasteiger partial charge in [-0.1, -0.05) is 10.2 Å². The number of hydrogen-bond acceptors (Lipinski definition) is 7. The highest BCUT2D eigenvalue weighted by Crippen LogP contribution is 2.10. The molecule has 2 N–H and O–H groups in total. The molecule has 0 bridgehead atoms. The molecular weight excluding hydrogens is 286 g/mol. The minimum absolute atomic E-state index is 0.0814.